The summed E-state index contributed by atoms with van der Waals surface area (Å²) in [4.78, 5) is 37.2. The number of hydroxylamine groups is 1. The molecule has 0 aliphatic heterocycles. The number of benzene rings is 2. The Morgan fingerprint density at radius 2 is 1.97 bits per heavy atom. The molecule has 10 heteroatoms. The summed E-state index contributed by atoms with van der Waals surface area (Å²) in [6.07, 6.45) is 3.61. The number of carbonyl (C=O) groups is 2. The van der Waals surface area contributed by atoms with Crippen molar-refractivity contribution in [3.63, 3.8) is 0 Å². The van der Waals surface area contributed by atoms with Gasteiger partial charge in [0.1, 0.15) is 5.75 Å². The highest BCUT2D eigenvalue weighted by Crippen LogP contribution is 2.29. The van der Waals surface area contributed by atoms with Gasteiger partial charge in [-0.25, -0.2) is 5.48 Å². The highest BCUT2D eigenvalue weighted by molar-refractivity contribution is 5.94. The highest BCUT2D eigenvalue weighted by Gasteiger charge is 2.14. The van der Waals surface area contributed by atoms with E-state index in [1.54, 1.807) is 35.8 Å². The molecule has 0 aliphatic carbocycles. The number of nitro groups is 1. The minimum atomic E-state index is -0.457. The number of aromatic amines is 1. The van der Waals surface area contributed by atoms with E-state index in [4.69, 9.17) is 9.94 Å². The number of nitro benzene ring substituents is 1. The summed E-state index contributed by atoms with van der Waals surface area (Å²) in [6.45, 7) is 0.399. The van der Waals surface area contributed by atoms with Crippen molar-refractivity contribution in [3.05, 3.63) is 69.4 Å². The molecule has 0 aliphatic rings. The summed E-state index contributed by atoms with van der Waals surface area (Å²) in [5.41, 5.74) is 4.55. The summed E-state index contributed by atoms with van der Waals surface area (Å²) >= 11 is 0. The first kappa shape index (κ1) is 22.8. The second-order valence-electron chi connectivity index (χ2n) is 7.25. The minimum Gasteiger partial charge on any atom is -0.496 e. The summed E-state index contributed by atoms with van der Waals surface area (Å²) in [7, 11) is 1.52. The van der Waals surface area contributed by atoms with Gasteiger partial charge >= 0.3 is 0 Å². The number of H-pyrrole nitrogens is 1. The molecule has 3 rings (SSSR count). The Bertz CT molecular complexity index is 1140. The van der Waals surface area contributed by atoms with Gasteiger partial charge in [-0.3, -0.25) is 24.9 Å². The van der Waals surface area contributed by atoms with E-state index in [-0.39, 0.29) is 18.0 Å². The van der Waals surface area contributed by atoms with Gasteiger partial charge in [-0.15, -0.1) is 0 Å². The summed E-state index contributed by atoms with van der Waals surface area (Å²) in [5.74, 6) is -0.178. The van der Waals surface area contributed by atoms with Gasteiger partial charge in [0.25, 0.3) is 11.6 Å². The maximum absolute atomic E-state index is 12.4. The first-order chi connectivity index (χ1) is 15.4. The quantitative estimate of drug-likeness (QED) is 0.165. The molecule has 0 saturated heterocycles. The molecule has 0 atom stereocenters. The smallest absolute Gasteiger partial charge is 0.270 e. The van der Waals surface area contributed by atoms with Crippen molar-refractivity contribution in [1.82, 2.24) is 15.8 Å². The zero-order chi connectivity index (χ0) is 23.1. The average molecular weight is 440 g/mol. The van der Waals surface area contributed by atoms with E-state index in [1.165, 1.54) is 13.2 Å². The fourth-order valence-electron chi connectivity index (χ4n) is 3.43. The maximum Gasteiger partial charge on any atom is 0.270 e. The van der Waals surface area contributed by atoms with Crippen LogP contribution in [0.1, 0.15) is 40.7 Å². The second kappa shape index (κ2) is 10.4. The lowest BCUT2D eigenvalue weighted by Crippen LogP contribution is -2.25. The van der Waals surface area contributed by atoms with Crippen LogP contribution in [0, 0.1) is 10.1 Å². The number of fused-ring (bicyclic) bond motifs is 1. The predicted molar refractivity (Wildman–Crippen MR) is 117 cm³/mol. The van der Waals surface area contributed by atoms with Crippen LogP contribution >= 0.6 is 0 Å². The van der Waals surface area contributed by atoms with E-state index in [9.17, 15) is 19.7 Å². The van der Waals surface area contributed by atoms with Gasteiger partial charge in [0, 0.05) is 54.2 Å². The van der Waals surface area contributed by atoms with Crippen LogP contribution in [0.4, 0.5) is 5.69 Å². The van der Waals surface area contributed by atoms with Crippen LogP contribution in [-0.4, -0.2) is 40.6 Å². The first-order valence-electron chi connectivity index (χ1n) is 10.1. The normalized spacial score (nSPS) is 10.7. The Morgan fingerprint density at radius 3 is 2.69 bits per heavy atom. The van der Waals surface area contributed by atoms with Crippen LogP contribution in [0.15, 0.2) is 42.6 Å². The van der Waals surface area contributed by atoms with E-state index >= 15 is 0 Å². The number of methoxy groups -OCH3 is 1. The molecule has 0 unspecified atom stereocenters. The molecule has 168 valence electrons. The number of amides is 2. The van der Waals surface area contributed by atoms with Crippen molar-refractivity contribution in [2.45, 2.75) is 25.7 Å². The van der Waals surface area contributed by atoms with Crippen molar-refractivity contribution >= 4 is 28.4 Å². The molecule has 0 bridgehead atoms. The molecule has 10 nitrogen and oxygen atoms in total. The van der Waals surface area contributed by atoms with Crippen molar-refractivity contribution in [2.24, 2.45) is 0 Å². The molecule has 1 heterocycles. The van der Waals surface area contributed by atoms with E-state index in [1.807, 2.05) is 6.20 Å². The van der Waals surface area contributed by atoms with E-state index in [0.29, 0.717) is 37.1 Å². The maximum atomic E-state index is 12.4. The number of nitrogens with zero attached hydrogens (tertiary/aromatic N) is 1. The third kappa shape index (κ3) is 5.41. The molecule has 0 spiro atoms. The Balaban J connectivity index is 1.68. The Kier molecular flexibility index (Phi) is 7.40. The highest BCUT2D eigenvalue weighted by atomic mass is 16.6. The fourth-order valence-corrected chi connectivity index (χ4v) is 3.43. The molecule has 3 aromatic rings. The van der Waals surface area contributed by atoms with Crippen LogP contribution in [-0.2, 0) is 11.2 Å². The van der Waals surface area contributed by atoms with Crippen molar-refractivity contribution in [1.29, 1.82) is 0 Å². The second-order valence-corrected chi connectivity index (χ2v) is 7.25. The molecular formula is C22H24N4O6. The van der Waals surface area contributed by atoms with Gasteiger partial charge in [0.05, 0.1) is 12.0 Å². The standard InChI is InChI=1S/C22H24N4O6/c1-32-20-11-15(22(28)23-9-3-2-4-21(27)25-29)6-5-14(20)10-16-13-24-19-8-7-17(26(30)31)12-18(16)19/h5-8,11-13,24,29H,2-4,9-10H2,1H3,(H,23,28)(H,25,27). The number of unbranched alkanes of at least 4 members (excludes halogenated alkanes) is 1. The molecular weight excluding hydrogens is 416 g/mol. The van der Waals surface area contributed by atoms with Gasteiger partial charge in [-0.2, -0.15) is 0 Å². The Hall–Kier alpha value is -3.92. The molecule has 2 aromatic carbocycles. The largest absolute Gasteiger partial charge is 0.496 e. The van der Waals surface area contributed by atoms with E-state index in [2.05, 4.69) is 10.3 Å². The van der Waals surface area contributed by atoms with Crippen LogP contribution in [0.3, 0.4) is 0 Å². The number of hydrogen-bond donors (Lipinski definition) is 4. The van der Waals surface area contributed by atoms with E-state index < -0.39 is 10.8 Å². The van der Waals surface area contributed by atoms with Gasteiger partial charge in [-0.1, -0.05) is 6.07 Å². The Labute approximate surface area is 183 Å². The predicted octanol–water partition coefficient (Wildman–Crippen LogP) is 3.08. The van der Waals surface area contributed by atoms with Crippen molar-refractivity contribution in [3.8, 4) is 5.75 Å². The van der Waals surface area contributed by atoms with Gasteiger partial charge in [0.2, 0.25) is 5.91 Å². The van der Waals surface area contributed by atoms with Crippen molar-refractivity contribution in [2.75, 3.05) is 13.7 Å². The summed E-state index contributed by atoms with van der Waals surface area (Å²) in [5, 5.41) is 23.1. The Morgan fingerprint density at radius 1 is 1.16 bits per heavy atom. The molecule has 1 aromatic heterocycles. The lowest BCUT2D eigenvalue weighted by atomic mass is 10.0. The molecule has 32 heavy (non-hydrogen) atoms. The molecule has 0 radical (unpaired) electrons. The minimum absolute atomic E-state index is 0.0225. The number of aromatic nitrogens is 1. The van der Waals surface area contributed by atoms with E-state index in [0.717, 1.165) is 22.0 Å². The number of non-ortho nitro benzene ring substituents is 1. The lowest BCUT2D eigenvalue weighted by Gasteiger charge is -2.11. The monoisotopic (exact) mass is 440 g/mol. The van der Waals surface area contributed by atoms with Crippen LogP contribution in [0.25, 0.3) is 10.9 Å². The fraction of sp³-hybridized carbons (Fsp3) is 0.273. The third-order valence-electron chi connectivity index (χ3n) is 5.13. The SMILES string of the molecule is COc1cc(C(=O)NCCCCC(=O)NO)ccc1Cc1c[nH]c2ccc([N+](=O)[O-])cc12. The zero-order valence-electron chi connectivity index (χ0n) is 17.5. The number of hydrogen-bond acceptors (Lipinski definition) is 6. The van der Waals surface area contributed by atoms with Gasteiger partial charge in [0.15, 0.2) is 0 Å². The average Bonchev–Trinajstić information content (AvgIpc) is 3.20. The van der Waals surface area contributed by atoms with Crippen LogP contribution in [0.5, 0.6) is 5.75 Å². The topological polar surface area (TPSA) is 147 Å². The third-order valence-corrected chi connectivity index (χ3v) is 5.13. The number of nitrogens with one attached hydrogen (secondary N) is 3. The molecule has 2 amide bonds. The van der Waals surface area contributed by atoms with Crippen molar-refractivity contribution < 1.29 is 24.5 Å². The first-order valence-corrected chi connectivity index (χ1v) is 10.1. The molecule has 0 saturated carbocycles. The van der Waals surface area contributed by atoms with Crippen LogP contribution in [0.2, 0.25) is 0 Å². The van der Waals surface area contributed by atoms with Crippen LogP contribution < -0.4 is 15.5 Å². The number of carbonyl (C=O) groups excluding carboxylic acids is 2. The lowest BCUT2D eigenvalue weighted by molar-refractivity contribution is -0.384. The van der Waals surface area contributed by atoms with Gasteiger partial charge < -0.3 is 15.0 Å². The molecule has 4 N–H and O–H groups in total. The summed E-state index contributed by atoms with van der Waals surface area (Å²) in [6, 6.07) is 9.83. The number of ether oxygens (including phenoxy) is 1. The number of rotatable bonds is 10. The molecule has 0 fully saturated rings. The van der Waals surface area contributed by atoms with Gasteiger partial charge in [-0.05, 0) is 42.2 Å². The summed E-state index contributed by atoms with van der Waals surface area (Å²) < 4.78 is 5.47. The zero-order valence-corrected chi connectivity index (χ0v) is 17.5.